The monoisotopic (exact) mass is 666 g/mol. The molecule has 1 saturated heterocycles. The summed E-state index contributed by atoms with van der Waals surface area (Å²) in [5, 5.41) is 3.40. The predicted molar refractivity (Wildman–Crippen MR) is 181 cm³/mol. The first-order chi connectivity index (χ1) is 21.3. The Morgan fingerprint density at radius 3 is 2.02 bits per heavy atom. The molecule has 1 aliphatic heterocycles. The predicted octanol–water partition coefficient (Wildman–Crippen LogP) is 5.92. The first-order valence-electron chi connectivity index (χ1n) is 14.6. The van der Waals surface area contributed by atoms with Gasteiger partial charge in [-0.3, -0.25) is 14.5 Å². The molecule has 2 heterocycles. The van der Waals surface area contributed by atoms with Crippen molar-refractivity contribution in [2.45, 2.75) is 43.5 Å². The van der Waals surface area contributed by atoms with Gasteiger partial charge in [-0.25, -0.2) is 8.42 Å². The van der Waals surface area contributed by atoms with E-state index in [1.165, 1.54) is 22.5 Å². The van der Waals surface area contributed by atoms with Crippen molar-refractivity contribution in [3.8, 4) is 0 Å². The van der Waals surface area contributed by atoms with E-state index in [2.05, 4.69) is 55.3 Å². The molecule has 8 nitrogen and oxygen atoms in total. The Morgan fingerprint density at radius 2 is 1.47 bits per heavy atom. The molecule has 3 N–H and O–H groups in total. The minimum atomic E-state index is -3.56. The standard InChI is InChI=1S/C27H32ClN3O3S2.C7H7NO/c1-27(2,3)22-8-4-20(5-9-22)19-30-14-16-31(17-15-30)36(33,34)25-13-12-24(35-25)18-29-26(32)21-6-10-23(28)11-7-21;8-7(9)6-4-2-1-3-5-6/h4-13H,14-19H2,1-3H3,(H,29,32);1-5H,(H2,8,9). The van der Waals surface area contributed by atoms with Gasteiger partial charge in [0.05, 0.1) is 6.54 Å². The van der Waals surface area contributed by atoms with Crippen LogP contribution in [0.2, 0.25) is 5.02 Å². The molecule has 1 aromatic heterocycles. The number of sulfonamides is 1. The quantitative estimate of drug-likeness (QED) is 0.242. The van der Waals surface area contributed by atoms with E-state index in [0.717, 1.165) is 11.4 Å². The van der Waals surface area contributed by atoms with E-state index < -0.39 is 10.0 Å². The second-order valence-corrected chi connectivity index (χ2v) is 15.5. The zero-order valence-corrected chi connectivity index (χ0v) is 28.1. The van der Waals surface area contributed by atoms with Gasteiger partial charge in [0.15, 0.2) is 0 Å². The molecule has 0 saturated carbocycles. The third-order valence-electron chi connectivity index (χ3n) is 7.38. The Hall–Kier alpha value is -3.54. The molecule has 0 spiro atoms. The van der Waals surface area contributed by atoms with Gasteiger partial charge in [-0.1, -0.05) is 74.8 Å². The Labute approximate surface area is 274 Å². The van der Waals surface area contributed by atoms with Gasteiger partial charge >= 0.3 is 0 Å². The number of piperazine rings is 1. The van der Waals surface area contributed by atoms with E-state index in [0.29, 0.717) is 46.5 Å². The molecule has 3 aromatic carbocycles. The van der Waals surface area contributed by atoms with Crippen LogP contribution in [0.4, 0.5) is 0 Å². The largest absolute Gasteiger partial charge is 0.366 e. The molecule has 0 bridgehead atoms. The third kappa shape index (κ3) is 9.72. The lowest BCUT2D eigenvalue weighted by molar-refractivity contribution is 0.0950. The molecule has 0 unspecified atom stereocenters. The van der Waals surface area contributed by atoms with Crippen molar-refractivity contribution >= 4 is 44.8 Å². The Morgan fingerprint density at radius 1 is 0.844 bits per heavy atom. The molecule has 2 amide bonds. The van der Waals surface area contributed by atoms with Crippen LogP contribution in [0.5, 0.6) is 0 Å². The summed E-state index contributed by atoms with van der Waals surface area (Å²) in [6.07, 6.45) is 0. The summed E-state index contributed by atoms with van der Waals surface area (Å²) in [5.74, 6) is -0.607. The first kappa shape index (κ1) is 34.3. The Balaban J connectivity index is 0.000000440. The fourth-order valence-corrected chi connectivity index (χ4v) is 7.69. The summed E-state index contributed by atoms with van der Waals surface area (Å²) in [5.41, 5.74) is 8.71. The van der Waals surface area contributed by atoms with E-state index in [9.17, 15) is 18.0 Å². The van der Waals surface area contributed by atoms with Crippen LogP contribution in [0.3, 0.4) is 0 Å². The molecule has 238 valence electrons. The zero-order chi connectivity index (χ0) is 32.6. The van der Waals surface area contributed by atoms with E-state index in [1.54, 1.807) is 65.0 Å². The molecule has 0 aliphatic carbocycles. The van der Waals surface area contributed by atoms with Crippen LogP contribution in [0.15, 0.2) is 95.2 Å². The van der Waals surface area contributed by atoms with E-state index in [-0.39, 0.29) is 23.8 Å². The average molecular weight is 667 g/mol. The van der Waals surface area contributed by atoms with Crippen LogP contribution >= 0.6 is 22.9 Å². The number of nitrogens with two attached hydrogens (primary N) is 1. The molecular weight excluding hydrogens is 628 g/mol. The Bertz CT molecular complexity index is 1680. The van der Waals surface area contributed by atoms with Crippen molar-refractivity contribution < 1.29 is 18.0 Å². The number of carbonyl (C=O) groups is 2. The number of hydrogen-bond donors (Lipinski definition) is 2. The average Bonchev–Trinajstić information content (AvgIpc) is 3.51. The molecule has 1 fully saturated rings. The number of carbonyl (C=O) groups excluding carboxylic acids is 2. The second-order valence-electron chi connectivity index (χ2n) is 11.8. The van der Waals surface area contributed by atoms with E-state index in [1.807, 2.05) is 6.07 Å². The number of nitrogens with one attached hydrogen (secondary N) is 1. The second kappa shape index (κ2) is 15.2. The van der Waals surface area contributed by atoms with Crippen molar-refractivity contribution in [1.29, 1.82) is 0 Å². The third-order valence-corrected chi connectivity index (χ3v) is 11.1. The minimum Gasteiger partial charge on any atom is -0.366 e. The summed E-state index contributed by atoms with van der Waals surface area (Å²) < 4.78 is 28.3. The summed E-state index contributed by atoms with van der Waals surface area (Å²) >= 11 is 7.07. The van der Waals surface area contributed by atoms with E-state index in [4.69, 9.17) is 17.3 Å². The number of thiophene rings is 1. The molecule has 0 radical (unpaired) electrons. The van der Waals surface area contributed by atoms with Crippen molar-refractivity contribution in [3.05, 3.63) is 123 Å². The lowest BCUT2D eigenvalue weighted by atomic mass is 9.87. The van der Waals surface area contributed by atoms with Gasteiger partial charge in [0.1, 0.15) is 4.21 Å². The van der Waals surface area contributed by atoms with Crippen molar-refractivity contribution in [2.75, 3.05) is 26.2 Å². The number of amides is 2. The molecular formula is C34H39ClN4O4S2. The van der Waals surface area contributed by atoms with Crippen LogP contribution in [0.25, 0.3) is 0 Å². The number of halogens is 1. The SMILES string of the molecule is CC(C)(C)c1ccc(CN2CCN(S(=O)(=O)c3ccc(CNC(=O)c4ccc(Cl)cc4)s3)CC2)cc1.NC(=O)c1ccccc1. The molecule has 4 aromatic rings. The van der Waals surface area contributed by atoms with Crippen molar-refractivity contribution in [1.82, 2.24) is 14.5 Å². The zero-order valence-electron chi connectivity index (χ0n) is 25.7. The summed E-state index contributed by atoms with van der Waals surface area (Å²) in [7, 11) is -3.56. The highest BCUT2D eigenvalue weighted by atomic mass is 35.5. The first-order valence-corrected chi connectivity index (χ1v) is 17.3. The fraction of sp³-hybridized carbons (Fsp3) is 0.294. The van der Waals surface area contributed by atoms with Crippen LogP contribution in [-0.2, 0) is 28.5 Å². The van der Waals surface area contributed by atoms with Crippen LogP contribution in [0.1, 0.15) is 57.5 Å². The lowest BCUT2D eigenvalue weighted by Gasteiger charge is -2.33. The Kier molecular flexibility index (Phi) is 11.6. The molecule has 5 rings (SSSR count). The van der Waals surface area contributed by atoms with Gasteiger partial charge in [0.2, 0.25) is 5.91 Å². The van der Waals surface area contributed by atoms with Gasteiger partial charge in [0.25, 0.3) is 15.9 Å². The van der Waals surface area contributed by atoms with Gasteiger partial charge in [0, 0.05) is 53.8 Å². The van der Waals surface area contributed by atoms with Gasteiger partial charge in [-0.2, -0.15) is 4.31 Å². The highest BCUT2D eigenvalue weighted by Crippen LogP contribution is 2.27. The fourth-order valence-electron chi connectivity index (χ4n) is 4.69. The van der Waals surface area contributed by atoms with Crippen LogP contribution in [-0.4, -0.2) is 55.6 Å². The van der Waals surface area contributed by atoms with Gasteiger partial charge in [-0.15, -0.1) is 11.3 Å². The van der Waals surface area contributed by atoms with Crippen molar-refractivity contribution in [2.24, 2.45) is 5.73 Å². The number of hydrogen-bond acceptors (Lipinski definition) is 6. The number of benzene rings is 3. The highest BCUT2D eigenvalue weighted by Gasteiger charge is 2.30. The maximum Gasteiger partial charge on any atom is 0.252 e. The number of primary amides is 1. The number of nitrogens with zero attached hydrogens (tertiary/aromatic N) is 2. The van der Waals surface area contributed by atoms with E-state index >= 15 is 0 Å². The summed E-state index contributed by atoms with van der Waals surface area (Å²) in [6, 6.07) is 27.5. The normalized spacial score (nSPS) is 14.3. The molecule has 0 atom stereocenters. The maximum absolute atomic E-state index is 13.2. The molecule has 11 heteroatoms. The molecule has 45 heavy (non-hydrogen) atoms. The van der Waals surface area contributed by atoms with Crippen molar-refractivity contribution in [3.63, 3.8) is 0 Å². The summed E-state index contributed by atoms with van der Waals surface area (Å²) in [4.78, 5) is 25.8. The lowest BCUT2D eigenvalue weighted by Crippen LogP contribution is -2.48. The van der Waals surface area contributed by atoms with Crippen LogP contribution < -0.4 is 11.1 Å². The minimum absolute atomic E-state index is 0.127. The maximum atomic E-state index is 13.2. The highest BCUT2D eigenvalue weighted by molar-refractivity contribution is 7.91. The van der Waals surface area contributed by atoms with Gasteiger partial charge in [-0.05, 0) is 65.1 Å². The smallest absolute Gasteiger partial charge is 0.252 e. The van der Waals surface area contributed by atoms with Gasteiger partial charge < -0.3 is 11.1 Å². The molecule has 1 aliphatic rings. The number of rotatable bonds is 8. The van der Waals surface area contributed by atoms with Crippen LogP contribution in [0, 0.1) is 0 Å². The summed E-state index contributed by atoms with van der Waals surface area (Å²) in [6.45, 7) is 10.00. The topological polar surface area (TPSA) is 113 Å².